The van der Waals surface area contributed by atoms with E-state index in [2.05, 4.69) is 4.98 Å². The number of aromatic hydroxyl groups is 2. The molecule has 1 atom stereocenters. The number of primary amides is 1. The molecule has 6 N–H and O–H groups in total. The van der Waals surface area contributed by atoms with E-state index in [1.165, 1.54) is 0 Å². The van der Waals surface area contributed by atoms with Crippen LogP contribution in [0.2, 0.25) is 0 Å². The summed E-state index contributed by atoms with van der Waals surface area (Å²) in [4.78, 5) is 28.1. The van der Waals surface area contributed by atoms with E-state index in [-0.39, 0.29) is 12.4 Å². The van der Waals surface area contributed by atoms with Gasteiger partial charge in [-0.3, -0.25) is 14.6 Å². The Labute approximate surface area is 164 Å². The molecule has 0 aliphatic carbocycles. The molecule has 1 rings (SSSR count). The minimum absolute atomic E-state index is 0. The first kappa shape index (κ1) is 25.1. The maximum absolute atomic E-state index is 12.8. The lowest BCUT2D eigenvalue weighted by atomic mass is 9.91. The number of hydrogen-bond acceptors (Lipinski definition) is 8. The number of Topliss-reactive ketones (excluding diaryl/α,β-unsaturated/α-hetero) is 1. The lowest BCUT2D eigenvalue weighted by Crippen LogP contribution is -2.63. The summed E-state index contributed by atoms with van der Waals surface area (Å²) >= 11 is 0. The molecule has 27 heavy (non-hydrogen) atoms. The van der Waals surface area contributed by atoms with Crippen LogP contribution in [0, 0.1) is 0 Å². The number of carbonyl (C=O) groups excluding carboxylic acids is 2. The van der Waals surface area contributed by atoms with Crippen LogP contribution in [-0.4, -0.2) is 51.8 Å². The number of rotatable bonds is 10. The third-order valence-corrected chi connectivity index (χ3v) is 6.48. The van der Waals surface area contributed by atoms with E-state index in [9.17, 15) is 28.2 Å². The molecule has 9 nitrogen and oxygen atoms in total. The van der Waals surface area contributed by atoms with E-state index >= 15 is 0 Å². The van der Waals surface area contributed by atoms with Crippen molar-refractivity contribution in [1.29, 1.82) is 0 Å². The van der Waals surface area contributed by atoms with Crippen molar-refractivity contribution in [2.75, 3.05) is 5.75 Å². The van der Waals surface area contributed by atoms with Crippen LogP contribution in [-0.2, 0) is 14.6 Å². The van der Waals surface area contributed by atoms with Crippen LogP contribution in [0.15, 0.2) is 12.4 Å². The molecule has 0 aromatic carbocycles. The van der Waals surface area contributed by atoms with Crippen LogP contribution in [0.5, 0.6) is 11.5 Å². The van der Waals surface area contributed by atoms with Crippen molar-refractivity contribution in [1.82, 2.24) is 4.98 Å². The highest BCUT2D eigenvalue weighted by Crippen LogP contribution is 2.30. The fraction of sp³-hybridized carbons (Fsp3) is 0.562. The van der Waals surface area contributed by atoms with Gasteiger partial charge in [-0.05, 0) is 12.8 Å². The predicted molar refractivity (Wildman–Crippen MR) is 103 cm³/mol. The zero-order valence-corrected chi connectivity index (χ0v) is 16.8. The second-order valence-corrected chi connectivity index (χ2v) is 8.51. The standard InChI is InChI=1S/C16H25N3O6S.ClH/c1-3-5-10(6-4-2)26(24,25)9-16(18,15(17)23)14(22)13-11(20)7-19-8-12(13)21;/h7-8,10,20-21H,3-6,9,18H2,1-2H3,(H2,17,23);1H/t16-;/m1./s1. The SMILES string of the molecule is CCCC(CCC)S(=O)(=O)C[C@](N)(C(N)=O)C(=O)c1c(O)cncc1O.Cl. The molecular formula is C16H26ClN3O6S. The summed E-state index contributed by atoms with van der Waals surface area (Å²) in [6, 6.07) is 0. The number of ketones is 1. The van der Waals surface area contributed by atoms with Crippen molar-refractivity contribution in [2.45, 2.75) is 50.3 Å². The summed E-state index contributed by atoms with van der Waals surface area (Å²) in [5, 5.41) is 18.8. The van der Waals surface area contributed by atoms with E-state index in [4.69, 9.17) is 11.5 Å². The molecule has 0 aliphatic rings. The second kappa shape index (κ2) is 9.86. The van der Waals surface area contributed by atoms with Crippen molar-refractivity contribution in [2.24, 2.45) is 11.5 Å². The van der Waals surface area contributed by atoms with Gasteiger partial charge in [-0.2, -0.15) is 0 Å². The first-order valence-corrected chi connectivity index (χ1v) is 9.93. The van der Waals surface area contributed by atoms with E-state index in [1.807, 2.05) is 13.8 Å². The summed E-state index contributed by atoms with van der Waals surface area (Å²) in [6.07, 6.45) is 3.62. The van der Waals surface area contributed by atoms with Gasteiger partial charge in [0.1, 0.15) is 17.1 Å². The Morgan fingerprint density at radius 2 is 1.59 bits per heavy atom. The highest BCUT2D eigenvalue weighted by molar-refractivity contribution is 7.92. The minimum atomic E-state index is -3.95. The average Bonchev–Trinajstić information content (AvgIpc) is 2.53. The number of nitrogens with zero attached hydrogens (tertiary/aromatic N) is 1. The lowest BCUT2D eigenvalue weighted by molar-refractivity contribution is -0.120. The first-order valence-electron chi connectivity index (χ1n) is 8.22. The maximum atomic E-state index is 12.8. The van der Waals surface area contributed by atoms with Gasteiger partial charge in [-0.15, -0.1) is 12.4 Å². The van der Waals surface area contributed by atoms with Crippen LogP contribution in [0.1, 0.15) is 49.9 Å². The third kappa shape index (κ3) is 5.53. The molecule has 0 aliphatic heterocycles. The van der Waals surface area contributed by atoms with Gasteiger partial charge in [-0.1, -0.05) is 26.7 Å². The zero-order chi connectivity index (χ0) is 20.1. The van der Waals surface area contributed by atoms with Crippen LogP contribution in [0.3, 0.4) is 0 Å². The van der Waals surface area contributed by atoms with Crippen molar-refractivity contribution in [3.05, 3.63) is 18.0 Å². The number of amides is 1. The molecule has 1 heterocycles. The number of pyridine rings is 1. The molecule has 0 bridgehead atoms. The summed E-state index contributed by atoms with van der Waals surface area (Å²) in [6.45, 7) is 3.64. The Morgan fingerprint density at radius 1 is 1.15 bits per heavy atom. The first-order chi connectivity index (χ1) is 12.0. The molecule has 0 spiro atoms. The summed E-state index contributed by atoms with van der Waals surface area (Å²) < 4.78 is 25.5. The van der Waals surface area contributed by atoms with E-state index in [0.29, 0.717) is 25.7 Å². The number of carbonyl (C=O) groups is 2. The van der Waals surface area contributed by atoms with Gasteiger partial charge < -0.3 is 21.7 Å². The van der Waals surface area contributed by atoms with Crippen LogP contribution < -0.4 is 11.5 Å². The largest absolute Gasteiger partial charge is 0.505 e. The maximum Gasteiger partial charge on any atom is 0.246 e. The smallest absolute Gasteiger partial charge is 0.246 e. The highest BCUT2D eigenvalue weighted by atomic mass is 35.5. The number of aromatic nitrogens is 1. The molecule has 0 saturated carbocycles. The average molecular weight is 424 g/mol. The molecule has 1 aromatic heterocycles. The van der Waals surface area contributed by atoms with Gasteiger partial charge in [-0.25, -0.2) is 8.42 Å². The Kier molecular flexibility index (Phi) is 9.16. The molecule has 154 valence electrons. The molecule has 0 unspecified atom stereocenters. The molecule has 0 fully saturated rings. The van der Waals surface area contributed by atoms with Crippen molar-refractivity contribution in [3.63, 3.8) is 0 Å². The Balaban J connectivity index is 0.00000676. The number of halogens is 1. The molecule has 1 aromatic rings. The number of sulfone groups is 1. The predicted octanol–water partition coefficient (Wildman–Crippen LogP) is 0.664. The van der Waals surface area contributed by atoms with E-state index in [1.54, 1.807) is 0 Å². The molecule has 0 saturated heterocycles. The van der Waals surface area contributed by atoms with Gasteiger partial charge in [0.25, 0.3) is 0 Å². The molecule has 11 heteroatoms. The minimum Gasteiger partial charge on any atom is -0.505 e. The lowest BCUT2D eigenvalue weighted by Gasteiger charge is -2.27. The van der Waals surface area contributed by atoms with Crippen molar-refractivity contribution >= 4 is 33.9 Å². The van der Waals surface area contributed by atoms with Crippen molar-refractivity contribution in [3.8, 4) is 11.5 Å². The van der Waals surface area contributed by atoms with Crippen LogP contribution in [0.4, 0.5) is 0 Å². The molecule has 0 radical (unpaired) electrons. The van der Waals surface area contributed by atoms with Crippen LogP contribution in [0.25, 0.3) is 0 Å². The molecule has 1 amide bonds. The van der Waals surface area contributed by atoms with Crippen LogP contribution >= 0.6 is 12.4 Å². The summed E-state index contributed by atoms with van der Waals surface area (Å²) in [5.74, 6) is -5.13. The monoisotopic (exact) mass is 423 g/mol. The van der Waals surface area contributed by atoms with E-state index < -0.39 is 55.1 Å². The van der Waals surface area contributed by atoms with Gasteiger partial charge in [0.05, 0.1) is 23.4 Å². The fourth-order valence-corrected chi connectivity index (χ4v) is 5.06. The third-order valence-electron chi connectivity index (χ3n) is 4.14. The Hall–Kier alpha value is -1.91. The van der Waals surface area contributed by atoms with Gasteiger partial charge >= 0.3 is 0 Å². The summed E-state index contributed by atoms with van der Waals surface area (Å²) in [5.41, 5.74) is 7.74. The Bertz CT molecular complexity index is 760. The van der Waals surface area contributed by atoms with Gasteiger partial charge in [0.2, 0.25) is 11.7 Å². The van der Waals surface area contributed by atoms with Gasteiger partial charge in [0.15, 0.2) is 15.4 Å². The van der Waals surface area contributed by atoms with Crippen molar-refractivity contribution < 1.29 is 28.2 Å². The topological polar surface area (TPSA) is 174 Å². The normalized spacial score (nSPS) is 13.6. The zero-order valence-electron chi connectivity index (χ0n) is 15.2. The van der Waals surface area contributed by atoms with E-state index in [0.717, 1.165) is 12.4 Å². The number of nitrogens with two attached hydrogens (primary N) is 2. The van der Waals surface area contributed by atoms with Gasteiger partial charge in [0, 0.05) is 0 Å². The second-order valence-electron chi connectivity index (χ2n) is 6.22. The Morgan fingerprint density at radius 3 is 1.96 bits per heavy atom. The quantitative estimate of drug-likeness (QED) is 0.313. The highest BCUT2D eigenvalue weighted by Gasteiger charge is 2.48. The fourth-order valence-electron chi connectivity index (χ4n) is 2.73. The molecular weight excluding hydrogens is 398 g/mol. The summed E-state index contributed by atoms with van der Waals surface area (Å²) in [7, 11) is -3.95. The number of hydrogen-bond donors (Lipinski definition) is 4.